The molecule has 0 unspecified atom stereocenters. The van der Waals surface area contributed by atoms with Crippen LogP contribution in [0.4, 0.5) is 4.39 Å². The number of piperidine rings is 1. The van der Waals surface area contributed by atoms with Gasteiger partial charge in [0, 0.05) is 12.1 Å². The molecule has 0 N–H and O–H groups in total. The van der Waals surface area contributed by atoms with Crippen LogP contribution in [0.15, 0.2) is 24.3 Å². The summed E-state index contributed by atoms with van der Waals surface area (Å²) < 4.78 is 12.9. The zero-order chi connectivity index (χ0) is 11.5. The summed E-state index contributed by atoms with van der Waals surface area (Å²) in [5.41, 5.74) is 1.26. The summed E-state index contributed by atoms with van der Waals surface area (Å²) in [6, 6.07) is 8.05. The lowest BCUT2D eigenvalue weighted by molar-refractivity contribution is 0.112. The highest BCUT2D eigenvalue weighted by Gasteiger charge is 2.25. The highest BCUT2D eigenvalue weighted by atomic mass is 19.1. The van der Waals surface area contributed by atoms with Crippen LogP contribution in [-0.2, 0) is 0 Å². The molecule has 0 amide bonds. The summed E-state index contributed by atoms with van der Waals surface area (Å²) >= 11 is 0. The van der Waals surface area contributed by atoms with Gasteiger partial charge in [-0.3, -0.25) is 4.90 Å². The van der Waals surface area contributed by atoms with Crippen molar-refractivity contribution in [3.8, 4) is 0 Å². The van der Waals surface area contributed by atoms with Crippen LogP contribution in [0.3, 0.4) is 0 Å². The minimum absolute atomic E-state index is 0.143. The van der Waals surface area contributed by atoms with Gasteiger partial charge in [0.1, 0.15) is 5.82 Å². The minimum Gasteiger partial charge on any atom is -0.294 e. The smallest absolute Gasteiger partial charge is 0.123 e. The number of benzene rings is 1. The molecule has 2 heteroatoms. The molecule has 1 fully saturated rings. The van der Waals surface area contributed by atoms with Crippen molar-refractivity contribution in [2.75, 3.05) is 6.54 Å². The number of likely N-dealkylation sites (tertiary alicyclic amines) is 1. The summed E-state index contributed by atoms with van der Waals surface area (Å²) in [7, 11) is 0. The van der Waals surface area contributed by atoms with E-state index in [0.717, 1.165) is 0 Å². The highest BCUT2D eigenvalue weighted by Crippen LogP contribution is 2.32. The molecular formula is C14H20FN. The molecule has 88 valence electrons. The number of halogens is 1. The fourth-order valence-corrected chi connectivity index (χ4v) is 2.61. The number of hydrogen-bond acceptors (Lipinski definition) is 1. The number of nitrogens with zero attached hydrogens (tertiary/aromatic N) is 1. The van der Waals surface area contributed by atoms with Gasteiger partial charge in [-0.05, 0) is 50.9 Å². The van der Waals surface area contributed by atoms with Gasteiger partial charge in [0.15, 0.2) is 0 Å². The van der Waals surface area contributed by atoms with E-state index in [2.05, 4.69) is 18.7 Å². The Morgan fingerprint density at radius 1 is 1.19 bits per heavy atom. The molecule has 0 spiro atoms. The zero-order valence-electron chi connectivity index (χ0n) is 10.1. The molecule has 1 aromatic rings. The molecule has 1 saturated heterocycles. The van der Waals surface area contributed by atoms with Gasteiger partial charge in [-0.1, -0.05) is 18.6 Å². The molecule has 2 rings (SSSR count). The van der Waals surface area contributed by atoms with Gasteiger partial charge in [-0.15, -0.1) is 0 Å². The lowest BCUT2D eigenvalue weighted by Gasteiger charge is -2.39. The predicted octanol–water partition coefficient (Wildman–Crippen LogP) is 3.76. The van der Waals surface area contributed by atoms with Crippen LogP contribution in [0.2, 0.25) is 0 Å². The molecule has 1 aliphatic heterocycles. The number of hydrogen-bond donors (Lipinski definition) is 0. The first kappa shape index (κ1) is 11.6. The van der Waals surface area contributed by atoms with Gasteiger partial charge in [0.05, 0.1) is 0 Å². The van der Waals surface area contributed by atoms with E-state index in [1.165, 1.54) is 31.4 Å². The van der Waals surface area contributed by atoms with E-state index in [0.29, 0.717) is 12.1 Å². The predicted molar refractivity (Wildman–Crippen MR) is 64.8 cm³/mol. The average Bonchev–Trinajstić information content (AvgIpc) is 2.30. The lowest BCUT2D eigenvalue weighted by atomic mass is 9.94. The highest BCUT2D eigenvalue weighted by molar-refractivity contribution is 5.20. The first-order valence-electron chi connectivity index (χ1n) is 6.19. The summed E-state index contributed by atoms with van der Waals surface area (Å²) in [4.78, 5) is 2.52. The molecular weight excluding hydrogens is 201 g/mol. The standard InChI is InChI=1S/C14H20FN/c1-11(2)16-10-4-3-5-14(16)12-6-8-13(15)9-7-12/h6-9,11,14H,3-5,10H2,1-2H3/t14-/m1/s1. The van der Waals surface area contributed by atoms with Gasteiger partial charge < -0.3 is 0 Å². The molecule has 16 heavy (non-hydrogen) atoms. The second-order valence-corrected chi connectivity index (χ2v) is 4.89. The maximum absolute atomic E-state index is 12.9. The SMILES string of the molecule is CC(C)N1CCCC[C@@H]1c1ccc(F)cc1. The third kappa shape index (κ3) is 2.43. The van der Waals surface area contributed by atoms with Gasteiger partial charge in [0.2, 0.25) is 0 Å². The molecule has 0 aromatic heterocycles. The number of rotatable bonds is 2. The second-order valence-electron chi connectivity index (χ2n) is 4.89. The molecule has 0 radical (unpaired) electrons. The molecule has 1 heterocycles. The Labute approximate surface area is 97.3 Å². The average molecular weight is 221 g/mol. The van der Waals surface area contributed by atoms with Crippen LogP contribution in [0.1, 0.15) is 44.7 Å². The van der Waals surface area contributed by atoms with E-state index in [-0.39, 0.29) is 5.82 Å². The van der Waals surface area contributed by atoms with Crippen molar-refractivity contribution >= 4 is 0 Å². The molecule has 0 bridgehead atoms. The zero-order valence-corrected chi connectivity index (χ0v) is 10.1. The van der Waals surface area contributed by atoms with Crippen LogP contribution >= 0.6 is 0 Å². The largest absolute Gasteiger partial charge is 0.294 e. The van der Waals surface area contributed by atoms with Crippen LogP contribution in [0.5, 0.6) is 0 Å². The summed E-state index contributed by atoms with van der Waals surface area (Å²) in [6.45, 7) is 5.64. The Morgan fingerprint density at radius 2 is 1.88 bits per heavy atom. The Hall–Kier alpha value is -0.890. The van der Waals surface area contributed by atoms with Crippen LogP contribution in [0, 0.1) is 5.82 Å². The second kappa shape index (κ2) is 4.96. The summed E-state index contributed by atoms with van der Waals surface area (Å²) in [6.07, 6.45) is 3.77. The van der Waals surface area contributed by atoms with Gasteiger partial charge in [-0.25, -0.2) is 4.39 Å². The van der Waals surface area contributed by atoms with Gasteiger partial charge in [-0.2, -0.15) is 0 Å². The van der Waals surface area contributed by atoms with Crippen molar-refractivity contribution in [1.82, 2.24) is 4.90 Å². The monoisotopic (exact) mass is 221 g/mol. The third-order valence-corrected chi connectivity index (χ3v) is 3.46. The normalized spacial score (nSPS) is 22.6. The summed E-state index contributed by atoms with van der Waals surface area (Å²) in [5, 5.41) is 0. The van der Waals surface area contributed by atoms with Crippen molar-refractivity contribution in [3.05, 3.63) is 35.6 Å². The Morgan fingerprint density at radius 3 is 2.50 bits per heavy atom. The van der Waals surface area contributed by atoms with Crippen LogP contribution in [-0.4, -0.2) is 17.5 Å². The van der Waals surface area contributed by atoms with Crippen LogP contribution < -0.4 is 0 Å². The molecule has 1 aromatic carbocycles. The van der Waals surface area contributed by atoms with E-state index < -0.39 is 0 Å². The maximum atomic E-state index is 12.9. The van der Waals surface area contributed by atoms with E-state index in [1.807, 2.05) is 12.1 Å². The molecule has 1 aliphatic rings. The van der Waals surface area contributed by atoms with Crippen LogP contribution in [0.25, 0.3) is 0 Å². The minimum atomic E-state index is -0.143. The van der Waals surface area contributed by atoms with E-state index in [1.54, 1.807) is 12.1 Å². The van der Waals surface area contributed by atoms with Crippen molar-refractivity contribution in [3.63, 3.8) is 0 Å². The maximum Gasteiger partial charge on any atom is 0.123 e. The van der Waals surface area contributed by atoms with Crippen molar-refractivity contribution < 1.29 is 4.39 Å². The summed E-state index contributed by atoms with van der Waals surface area (Å²) in [5.74, 6) is -0.143. The molecule has 0 aliphatic carbocycles. The quantitative estimate of drug-likeness (QED) is 0.735. The van der Waals surface area contributed by atoms with E-state index >= 15 is 0 Å². The Bertz CT molecular complexity index is 331. The topological polar surface area (TPSA) is 3.24 Å². The van der Waals surface area contributed by atoms with Gasteiger partial charge >= 0.3 is 0 Å². The van der Waals surface area contributed by atoms with E-state index in [9.17, 15) is 4.39 Å². The molecule has 1 nitrogen and oxygen atoms in total. The Balaban J connectivity index is 2.19. The molecule has 1 atom stereocenters. The Kier molecular flexibility index (Phi) is 3.59. The van der Waals surface area contributed by atoms with E-state index in [4.69, 9.17) is 0 Å². The van der Waals surface area contributed by atoms with Crippen molar-refractivity contribution in [2.24, 2.45) is 0 Å². The lowest BCUT2D eigenvalue weighted by Crippen LogP contribution is -2.38. The van der Waals surface area contributed by atoms with Crippen molar-refractivity contribution in [2.45, 2.75) is 45.2 Å². The molecule has 0 saturated carbocycles. The first-order chi connectivity index (χ1) is 7.68. The first-order valence-corrected chi connectivity index (χ1v) is 6.19. The third-order valence-electron chi connectivity index (χ3n) is 3.46. The van der Waals surface area contributed by atoms with Gasteiger partial charge in [0.25, 0.3) is 0 Å². The fraction of sp³-hybridized carbons (Fsp3) is 0.571. The fourth-order valence-electron chi connectivity index (χ4n) is 2.61. The van der Waals surface area contributed by atoms with Crippen molar-refractivity contribution in [1.29, 1.82) is 0 Å².